The molecule has 0 spiro atoms. The first-order chi connectivity index (χ1) is 4.22. The van der Waals surface area contributed by atoms with Crippen LogP contribution < -0.4 is 0 Å². The van der Waals surface area contributed by atoms with Crippen LogP contribution in [-0.4, -0.2) is 6.67 Å². The Balaban J connectivity index is 3.41. The van der Waals surface area contributed by atoms with Crippen LogP contribution in [0.1, 0.15) is 33.6 Å². The summed E-state index contributed by atoms with van der Waals surface area (Å²) < 4.78 is 12.1. The Labute approximate surface area is 57.5 Å². The van der Waals surface area contributed by atoms with Gasteiger partial charge in [-0.05, 0) is 12.3 Å². The van der Waals surface area contributed by atoms with Crippen molar-refractivity contribution >= 4 is 0 Å². The summed E-state index contributed by atoms with van der Waals surface area (Å²) in [6, 6.07) is 0. The van der Waals surface area contributed by atoms with Crippen LogP contribution >= 0.6 is 0 Å². The Morgan fingerprint density at radius 3 is 2.11 bits per heavy atom. The number of hydrogen-bond acceptors (Lipinski definition) is 0. The molecule has 1 heteroatoms. The average Bonchev–Trinajstić information content (AvgIpc) is 1.82. The van der Waals surface area contributed by atoms with Crippen molar-refractivity contribution in [1.29, 1.82) is 0 Å². The van der Waals surface area contributed by atoms with Crippen molar-refractivity contribution in [2.75, 3.05) is 6.67 Å². The van der Waals surface area contributed by atoms with E-state index >= 15 is 0 Å². The maximum atomic E-state index is 12.1. The van der Waals surface area contributed by atoms with Crippen LogP contribution in [0, 0.1) is 11.8 Å². The lowest BCUT2D eigenvalue weighted by molar-refractivity contribution is 0.428. The van der Waals surface area contributed by atoms with E-state index in [0.717, 1.165) is 18.8 Å². The standard InChI is InChI=1S/C8H16F/c1-4-5-8(6-9)7(2)3/h7H,4-6H2,1-3H3. The zero-order valence-electron chi connectivity index (χ0n) is 6.58. The van der Waals surface area contributed by atoms with Gasteiger partial charge in [0.25, 0.3) is 0 Å². The normalized spacial score (nSPS) is 11.3. The monoisotopic (exact) mass is 131 g/mol. The van der Waals surface area contributed by atoms with Crippen molar-refractivity contribution in [1.82, 2.24) is 0 Å². The van der Waals surface area contributed by atoms with Crippen molar-refractivity contribution in [3.05, 3.63) is 5.92 Å². The van der Waals surface area contributed by atoms with E-state index < -0.39 is 0 Å². The van der Waals surface area contributed by atoms with Crippen LogP contribution in [0.3, 0.4) is 0 Å². The molecule has 0 N–H and O–H groups in total. The van der Waals surface area contributed by atoms with Gasteiger partial charge < -0.3 is 0 Å². The molecule has 55 valence electrons. The van der Waals surface area contributed by atoms with Gasteiger partial charge in [-0.1, -0.05) is 27.2 Å². The predicted molar refractivity (Wildman–Crippen MR) is 39.0 cm³/mol. The predicted octanol–water partition coefficient (Wildman–Crippen LogP) is 2.99. The molecule has 0 aliphatic rings. The van der Waals surface area contributed by atoms with Crippen molar-refractivity contribution < 1.29 is 4.39 Å². The molecule has 1 radical (unpaired) electrons. The number of hydrogen-bond donors (Lipinski definition) is 0. The Bertz CT molecular complexity index is 59.6. The van der Waals surface area contributed by atoms with Crippen LogP contribution in [0.15, 0.2) is 0 Å². The maximum absolute atomic E-state index is 12.1. The summed E-state index contributed by atoms with van der Waals surface area (Å²) in [6.07, 6.45) is 2.02. The number of alkyl halides is 1. The number of rotatable bonds is 4. The van der Waals surface area contributed by atoms with Crippen molar-refractivity contribution in [2.45, 2.75) is 33.6 Å². The van der Waals surface area contributed by atoms with Gasteiger partial charge in [0.2, 0.25) is 0 Å². The molecule has 0 aromatic rings. The lowest BCUT2D eigenvalue weighted by Crippen LogP contribution is -2.07. The molecule has 9 heavy (non-hydrogen) atoms. The maximum Gasteiger partial charge on any atom is 0.0959 e. The van der Waals surface area contributed by atoms with Crippen LogP contribution in [0.2, 0.25) is 0 Å². The van der Waals surface area contributed by atoms with E-state index in [1.807, 2.05) is 13.8 Å². The summed E-state index contributed by atoms with van der Waals surface area (Å²) in [7, 11) is 0. The molecule has 0 fully saturated rings. The molecule has 0 atom stereocenters. The Kier molecular flexibility index (Phi) is 4.74. The molecule has 0 aromatic carbocycles. The highest BCUT2D eigenvalue weighted by molar-refractivity contribution is 4.91. The third kappa shape index (κ3) is 3.50. The third-order valence-electron chi connectivity index (χ3n) is 1.56. The first-order valence-corrected chi connectivity index (χ1v) is 3.62. The fourth-order valence-electron chi connectivity index (χ4n) is 0.831. The minimum absolute atomic E-state index is 0.231. The molecule has 0 aromatic heterocycles. The van der Waals surface area contributed by atoms with E-state index in [1.165, 1.54) is 0 Å². The van der Waals surface area contributed by atoms with Gasteiger partial charge >= 0.3 is 0 Å². The first-order valence-electron chi connectivity index (χ1n) is 3.62. The summed E-state index contributed by atoms with van der Waals surface area (Å²) in [6.45, 7) is 5.94. The lowest BCUT2D eigenvalue weighted by atomic mass is 9.93. The summed E-state index contributed by atoms with van der Waals surface area (Å²) in [5.74, 6) is 1.48. The lowest BCUT2D eigenvalue weighted by Gasteiger charge is -2.14. The Morgan fingerprint density at radius 2 is 2.00 bits per heavy atom. The molecule has 0 aliphatic heterocycles. The van der Waals surface area contributed by atoms with Gasteiger partial charge in [-0.3, -0.25) is 4.39 Å². The fourth-order valence-corrected chi connectivity index (χ4v) is 0.831. The van der Waals surface area contributed by atoms with Gasteiger partial charge in [-0.25, -0.2) is 0 Å². The molecule has 0 rings (SSSR count). The fraction of sp³-hybridized carbons (Fsp3) is 0.875. The topological polar surface area (TPSA) is 0 Å². The second-order valence-corrected chi connectivity index (χ2v) is 2.70. The molecular weight excluding hydrogens is 115 g/mol. The van der Waals surface area contributed by atoms with Crippen LogP contribution in [0.4, 0.5) is 4.39 Å². The summed E-state index contributed by atoms with van der Waals surface area (Å²) in [5, 5.41) is 0. The van der Waals surface area contributed by atoms with Gasteiger partial charge in [-0.15, -0.1) is 0 Å². The van der Waals surface area contributed by atoms with Gasteiger partial charge in [0.05, 0.1) is 6.67 Å². The zero-order chi connectivity index (χ0) is 7.28. The molecule has 0 amide bonds. The van der Waals surface area contributed by atoms with Crippen LogP contribution in [-0.2, 0) is 0 Å². The highest BCUT2D eigenvalue weighted by Gasteiger charge is 2.11. The minimum Gasteiger partial charge on any atom is -0.250 e. The van der Waals surface area contributed by atoms with E-state index in [1.54, 1.807) is 0 Å². The SMILES string of the molecule is CCC[C](CF)C(C)C. The van der Waals surface area contributed by atoms with E-state index in [4.69, 9.17) is 0 Å². The quantitative estimate of drug-likeness (QED) is 0.550. The minimum atomic E-state index is -0.231. The summed E-state index contributed by atoms with van der Waals surface area (Å²) in [4.78, 5) is 0. The van der Waals surface area contributed by atoms with Crippen molar-refractivity contribution in [3.63, 3.8) is 0 Å². The molecule has 0 bridgehead atoms. The largest absolute Gasteiger partial charge is 0.250 e. The van der Waals surface area contributed by atoms with E-state index in [0.29, 0.717) is 5.92 Å². The highest BCUT2D eigenvalue weighted by atomic mass is 19.1. The van der Waals surface area contributed by atoms with Crippen molar-refractivity contribution in [3.8, 4) is 0 Å². The van der Waals surface area contributed by atoms with E-state index in [2.05, 4.69) is 6.92 Å². The number of halogens is 1. The zero-order valence-corrected chi connectivity index (χ0v) is 6.58. The van der Waals surface area contributed by atoms with Crippen LogP contribution in [0.5, 0.6) is 0 Å². The second-order valence-electron chi connectivity index (χ2n) is 2.70. The summed E-state index contributed by atoms with van der Waals surface area (Å²) in [5.41, 5.74) is 0. The second kappa shape index (κ2) is 4.78. The molecular formula is C8H16F. The Morgan fingerprint density at radius 1 is 1.44 bits per heavy atom. The van der Waals surface area contributed by atoms with Crippen molar-refractivity contribution in [2.24, 2.45) is 5.92 Å². The van der Waals surface area contributed by atoms with Gasteiger partial charge in [-0.2, -0.15) is 0 Å². The van der Waals surface area contributed by atoms with Gasteiger partial charge in [0, 0.05) is 5.92 Å². The molecule has 0 unspecified atom stereocenters. The Hall–Kier alpha value is -0.0700. The molecule has 0 aliphatic carbocycles. The average molecular weight is 131 g/mol. The van der Waals surface area contributed by atoms with Gasteiger partial charge in [0.15, 0.2) is 0 Å². The molecule has 0 nitrogen and oxygen atoms in total. The third-order valence-corrected chi connectivity index (χ3v) is 1.56. The van der Waals surface area contributed by atoms with E-state index in [-0.39, 0.29) is 6.67 Å². The first kappa shape index (κ1) is 8.93. The molecule has 0 heterocycles. The molecule has 0 saturated heterocycles. The van der Waals surface area contributed by atoms with Gasteiger partial charge in [0.1, 0.15) is 0 Å². The van der Waals surface area contributed by atoms with Crippen LogP contribution in [0.25, 0.3) is 0 Å². The van der Waals surface area contributed by atoms with E-state index in [9.17, 15) is 4.39 Å². The highest BCUT2D eigenvalue weighted by Crippen LogP contribution is 2.19. The molecule has 0 saturated carbocycles. The smallest absolute Gasteiger partial charge is 0.0959 e. The summed E-state index contributed by atoms with van der Waals surface area (Å²) >= 11 is 0.